The van der Waals surface area contributed by atoms with E-state index in [1.807, 2.05) is 0 Å². The first-order valence-corrected chi connectivity index (χ1v) is 6.91. The van der Waals surface area contributed by atoms with Crippen molar-refractivity contribution in [2.24, 2.45) is 5.73 Å². The molecule has 1 heterocycles. The van der Waals surface area contributed by atoms with Gasteiger partial charge in [0.2, 0.25) is 5.91 Å². The minimum Gasteiger partial charge on any atom is -0.355 e. The molecular formula is C13H27N3O. The van der Waals surface area contributed by atoms with Gasteiger partial charge in [0.1, 0.15) is 0 Å². The molecule has 0 aromatic heterocycles. The van der Waals surface area contributed by atoms with Crippen LogP contribution in [0.5, 0.6) is 0 Å². The minimum atomic E-state index is 0.144. The number of nitrogens with one attached hydrogen (secondary N) is 1. The number of hydrogen-bond acceptors (Lipinski definition) is 3. The molecule has 4 nitrogen and oxygen atoms in total. The van der Waals surface area contributed by atoms with Crippen molar-refractivity contribution < 1.29 is 4.79 Å². The summed E-state index contributed by atoms with van der Waals surface area (Å²) in [4.78, 5) is 14.1. The third-order valence-corrected chi connectivity index (χ3v) is 3.65. The summed E-state index contributed by atoms with van der Waals surface area (Å²) >= 11 is 0. The zero-order valence-electron chi connectivity index (χ0n) is 11.2. The first-order valence-electron chi connectivity index (χ1n) is 6.91. The number of nitrogens with zero attached hydrogens (tertiary/aromatic N) is 1. The van der Waals surface area contributed by atoms with Crippen molar-refractivity contribution in [1.82, 2.24) is 10.2 Å². The molecule has 3 N–H and O–H groups in total. The van der Waals surface area contributed by atoms with Crippen LogP contribution in [0.4, 0.5) is 0 Å². The Morgan fingerprint density at radius 2 is 2.24 bits per heavy atom. The zero-order valence-corrected chi connectivity index (χ0v) is 11.2. The molecule has 0 bridgehead atoms. The Hall–Kier alpha value is -0.610. The van der Waals surface area contributed by atoms with Crippen molar-refractivity contribution in [3.63, 3.8) is 0 Å². The second-order valence-electron chi connectivity index (χ2n) is 5.05. The number of carbonyl (C=O) groups excluding carboxylic acids is 1. The van der Waals surface area contributed by atoms with E-state index < -0.39 is 0 Å². The summed E-state index contributed by atoms with van der Waals surface area (Å²) in [6.45, 7) is 6.29. The molecule has 2 unspecified atom stereocenters. The van der Waals surface area contributed by atoms with Gasteiger partial charge in [0, 0.05) is 25.2 Å². The normalized spacial score (nSPS) is 25.8. The number of rotatable bonds is 6. The van der Waals surface area contributed by atoms with Crippen molar-refractivity contribution in [2.75, 3.05) is 19.6 Å². The van der Waals surface area contributed by atoms with Crippen LogP contribution >= 0.6 is 0 Å². The Morgan fingerprint density at radius 1 is 1.47 bits per heavy atom. The largest absolute Gasteiger partial charge is 0.355 e. The lowest BCUT2D eigenvalue weighted by Gasteiger charge is -2.39. The van der Waals surface area contributed by atoms with E-state index in [0.717, 1.165) is 25.8 Å². The predicted molar refractivity (Wildman–Crippen MR) is 70.8 cm³/mol. The number of piperidine rings is 1. The third-order valence-electron chi connectivity index (χ3n) is 3.65. The van der Waals surface area contributed by atoms with Gasteiger partial charge < -0.3 is 11.1 Å². The van der Waals surface area contributed by atoms with E-state index in [4.69, 9.17) is 5.73 Å². The highest BCUT2D eigenvalue weighted by Gasteiger charge is 2.28. The van der Waals surface area contributed by atoms with Crippen LogP contribution in [0.15, 0.2) is 0 Å². The van der Waals surface area contributed by atoms with E-state index >= 15 is 0 Å². The van der Waals surface area contributed by atoms with Gasteiger partial charge in [-0.1, -0.05) is 19.8 Å². The van der Waals surface area contributed by atoms with Crippen molar-refractivity contribution in [1.29, 1.82) is 0 Å². The topological polar surface area (TPSA) is 58.4 Å². The molecule has 0 radical (unpaired) electrons. The summed E-state index contributed by atoms with van der Waals surface area (Å²) in [6, 6.07) is 0.866. The van der Waals surface area contributed by atoms with Gasteiger partial charge in [0.25, 0.3) is 0 Å². The van der Waals surface area contributed by atoms with Crippen molar-refractivity contribution >= 4 is 5.91 Å². The monoisotopic (exact) mass is 241 g/mol. The lowest BCUT2D eigenvalue weighted by molar-refractivity contribution is -0.123. The van der Waals surface area contributed by atoms with Crippen LogP contribution < -0.4 is 11.1 Å². The Balaban J connectivity index is 2.37. The van der Waals surface area contributed by atoms with Gasteiger partial charge >= 0.3 is 0 Å². The van der Waals surface area contributed by atoms with Crippen LogP contribution in [-0.4, -0.2) is 42.5 Å². The Bertz CT molecular complexity index is 233. The molecule has 1 fully saturated rings. The standard InChI is InChI=1S/C13H27N3O/c1-3-4-8-15-13(17)10-16-11(2)6-5-7-12(16)9-14/h11-12H,3-10,14H2,1-2H3,(H,15,17). The van der Waals surface area contributed by atoms with E-state index in [-0.39, 0.29) is 5.91 Å². The van der Waals surface area contributed by atoms with E-state index in [0.29, 0.717) is 25.2 Å². The van der Waals surface area contributed by atoms with Crippen LogP contribution in [-0.2, 0) is 4.79 Å². The molecule has 0 aromatic carbocycles. The fourth-order valence-electron chi connectivity index (χ4n) is 2.50. The predicted octanol–water partition coefficient (Wildman–Crippen LogP) is 1.10. The molecule has 1 aliphatic heterocycles. The second-order valence-corrected chi connectivity index (χ2v) is 5.05. The van der Waals surface area contributed by atoms with Crippen LogP contribution in [0.2, 0.25) is 0 Å². The maximum absolute atomic E-state index is 11.8. The average Bonchev–Trinajstić information content (AvgIpc) is 2.32. The van der Waals surface area contributed by atoms with Gasteiger partial charge in [-0.15, -0.1) is 0 Å². The summed E-state index contributed by atoms with van der Waals surface area (Å²) in [6.07, 6.45) is 5.71. The highest BCUT2D eigenvalue weighted by molar-refractivity contribution is 5.78. The van der Waals surface area contributed by atoms with E-state index in [2.05, 4.69) is 24.1 Å². The molecular weight excluding hydrogens is 214 g/mol. The molecule has 1 amide bonds. The number of likely N-dealkylation sites (tertiary alicyclic amines) is 1. The Kier molecular flexibility index (Phi) is 6.52. The molecule has 100 valence electrons. The first kappa shape index (κ1) is 14.5. The van der Waals surface area contributed by atoms with Crippen LogP contribution in [0.1, 0.15) is 46.0 Å². The maximum atomic E-state index is 11.8. The van der Waals surface area contributed by atoms with Gasteiger partial charge in [-0.05, 0) is 26.2 Å². The Morgan fingerprint density at radius 3 is 2.88 bits per heavy atom. The molecule has 1 saturated heterocycles. The quantitative estimate of drug-likeness (QED) is 0.685. The van der Waals surface area contributed by atoms with Crippen LogP contribution in [0.3, 0.4) is 0 Å². The van der Waals surface area contributed by atoms with Crippen molar-refractivity contribution in [3.8, 4) is 0 Å². The number of carbonyl (C=O) groups is 1. The second kappa shape index (κ2) is 7.67. The van der Waals surface area contributed by atoms with Gasteiger partial charge in [0.15, 0.2) is 0 Å². The molecule has 17 heavy (non-hydrogen) atoms. The molecule has 0 spiro atoms. The number of hydrogen-bond donors (Lipinski definition) is 2. The smallest absolute Gasteiger partial charge is 0.234 e. The summed E-state index contributed by atoms with van der Waals surface area (Å²) in [5, 5.41) is 2.97. The summed E-state index contributed by atoms with van der Waals surface area (Å²) < 4.78 is 0. The van der Waals surface area contributed by atoms with Gasteiger partial charge in [-0.2, -0.15) is 0 Å². The van der Waals surface area contributed by atoms with Crippen LogP contribution in [0, 0.1) is 0 Å². The first-order chi connectivity index (χ1) is 8.19. The number of nitrogens with two attached hydrogens (primary N) is 1. The Labute approximate surface area is 105 Å². The lowest BCUT2D eigenvalue weighted by atomic mass is 9.96. The van der Waals surface area contributed by atoms with Gasteiger partial charge in [-0.25, -0.2) is 0 Å². The zero-order chi connectivity index (χ0) is 12.7. The van der Waals surface area contributed by atoms with Crippen LogP contribution in [0.25, 0.3) is 0 Å². The van der Waals surface area contributed by atoms with Crippen molar-refractivity contribution in [2.45, 2.75) is 58.0 Å². The molecule has 0 aliphatic carbocycles. The van der Waals surface area contributed by atoms with Crippen molar-refractivity contribution in [3.05, 3.63) is 0 Å². The third kappa shape index (κ3) is 4.64. The molecule has 1 aliphatic rings. The SMILES string of the molecule is CCCCNC(=O)CN1C(C)CCCC1CN. The molecule has 4 heteroatoms. The lowest BCUT2D eigenvalue weighted by Crippen LogP contribution is -2.52. The summed E-state index contributed by atoms with van der Waals surface area (Å²) in [5.41, 5.74) is 5.78. The van der Waals surface area contributed by atoms with Gasteiger partial charge in [0.05, 0.1) is 6.54 Å². The van der Waals surface area contributed by atoms with E-state index in [1.54, 1.807) is 0 Å². The van der Waals surface area contributed by atoms with Gasteiger partial charge in [-0.3, -0.25) is 9.69 Å². The van der Waals surface area contributed by atoms with E-state index in [1.165, 1.54) is 12.8 Å². The number of unbranched alkanes of at least 4 members (excludes halogenated alkanes) is 1. The molecule has 0 saturated carbocycles. The highest BCUT2D eigenvalue weighted by Crippen LogP contribution is 2.21. The molecule has 1 rings (SSSR count). The number of amides is 1. The molecule has 2 atom stereocenters. The van der Waals surface area contributed by atoms with E-state index in [9.17, 15) is 4.79 Å². The highest BCUT2D eigenvalue weighted by atomic mass is 16.2. The minimum absolute atomic E-state index is 0.144. The summed E-state index contributed by atoms with van der Waals surface area (Å²) in [5.74, 6) is 0.144. The summed E-state index contributed by atoms with van der Waals surface area (Å²) in [7, 11) is 0. The fraction of sp³-hybridized carbons (Fsp3) is 0.923. The average molecular weight is 241 g/mol. The maximum Gasteiger partial charge on any atom is 0.234 e. The fourth-order valence-corrected chi connectivity index (χ4v) is 2.50. The molecule has 0 aromatic rings.